The molecule has 1 aliphatic rings. The molecule has 0 spiro atoms. The van der Waals surface area contributed by atoms with Crippen molar-refractivity contribution in [3.8, 4) is 0 Å². The summed E-state index contributed by atoms with van der Waals surface area (Å²) in [5.41, 5.74) is 6.60. The molecule has 0 aromatic heterocycles. The fraction of sp³-hybridized carbons (Fsp3) is 0.417. The number of benzene rings is 1. The molecule has 1 aliphatic heterocycles. The number of carbonyl (C=O) groups excluding carboxylic acids is 1. The third-order valence-electron chi connectivity index (χ3n) is 2.67. The second kappa shape index (κ2) is 5.37. The van der Waals surface area contributed by atoms with E-state index >= 15 is 0 Å². The number of amides is 1. The van der Waals surface area contributed by atoms with Crippen molar-refractivity contribution in [2.75, 3.05) is 12.3 Å². The van der Waals surface area contributed by atoms with Crippen LogP contribution in [0.1, 0.15) is 24.4 Å². The molecular formula is C12H16N2OS. The Morgan fingerprint density at radius 1 is 1.50 bits per heavy atom. The summed E-state index contributed by atoms with van der Waals surface area (Å²) in [5.74, 6) is 1.11. The largest absolute Gasteiger partial charge is 0.349 e. The number of nitrogens with two attached hydrogens (primary N) is 1. The average molecular weight is 236 g/mol. The van der Waals surface area contributed by atoms with Crippen molar-refractivity contribution in [1.82, 2.24) is 5.32 Å². The fourth-order valence-electron chi connectivity index (χ4n) is 1.89. The van der Waals surface area contributed by atoms with Gasteiger partial charge in [-0.3, -0.25) is 4.79 Å². The lowest BCUT2D eigenvalue weighted by Crippen LogP contribution is -2.31. The van der Waals surface area contributed by atoms with E-state index in [4.69, 9.17) is 5.73 Å². The van der Waals surface area contributed by atoms with Crippen LogP contribution in [-0.4, -0.2) is 18.2 Å². The van der Waals surface area contributed by atoms with Gasteiger partial charge in [-0.05, 0) is 18.1 Å². The molecule has 1 atom stereocenters. The van der Waals surface area contributed by atoms with Crippen LogP contribution in [0.5, 0.6) is 0 Å². The number of fused-ring (bicyclic) bond motifs is 1. The van der Waals surface area contributed by atoms with E-state index in [1.807, 2.05) is 23.9 Å². The number of hydrogen-bond donors (Lipinski definition) is 2. The molecule has 3 nitrogen and oxygen atoms in total. The zero-order chi connectivity index (χ0) is 11.4. The molecule has 4 heteroatoms. The van der Waals surface area contributed by atoms with Crippen LogP contribution in [0.15, 0.2) is 29.2 Å². The molecule has 0 bridgehead atoms. The molecule has 1 aromatic carbocycles. The van der Waals surface area contributed by atoms with Crippen LogP contribution in [0.3, 0.4) is 0 Å². The highest BCUT2D eigenvalue weighted by atomic mass is 32.2. The molecule has 0 fully saturated rings. The van der Waals surface area contributed by atoms with Gasteiger partial charge < -0.3 is 11.1 Å². The summed E-state index contributed by atoms with van der Waals surface area (Å²) < 4.78 is 0. The monoisotopic (exact) mass is 236 g/mol. The predicted octanol–water partition coefficient (Wildman–Crippen LogP) is 1.69. The predicted molar refractivity (Wildman–Crippen MR) is 66.3 cm³/mol. The van der Waals surface area contributed by atoms with Crippen LogP contribution in [0.2, 0.25) is 0 Å². The summed E-state index contributed by atoms with van der Waals surface area (Å²) >= 11 is 1.86. The first-order valence-electron chi connectivity index (χ1n) is 5.52. The molecule has 1 heterocycles. The van der Waals surface area contributed by atoms with E-state index in [0.29, 0.717) is 13.0 Å². The Labute approximate surface area is 99.8 Å². The molecule has 1 amide bonds. The molecule has 2 rings (SSSR count). The molecule has 86 valence electrons. The average Bonchev–Trinajstić information content (AvgIpc) is 2.30. The van der Waals surface area contributed by atoms with Crippen molar-refractivity contribution in [3.05, 3.63) is 29.8 Å². The number of hydrogen-bond acceptors (Lipinski definition) is 3. The lowest BCUT2D eigenvalue weighted by atomic mass is 10.0. The van der Waals surface area contributed by atoms with Crippen molar-refractivity contribution in [1.29, 1.82) is 0 Å². The van der Waals surface area contributed by atoms with Crippen LogP contribution in [-0.2, 0) is 4.79 Å². The van der Waals surface area contributed by atoms with Gasteiger partial charge in [-0.15, -0.1) is 11.8 Å². The summed E-state index contributed by atoms with van der Waals surface area (Å²) in [6, 6.07) is 8.43. The Balaban J connectivity index is 2.10. The van der Waals surface area contributed by atoms with Gasteiger partial charge in [0, 0.05) is 23.6 Å². The van der Waals surface area contributed by atoms with Crippen LogP contribution < -0.4 is 11.1 Å². The minimum atomic E-state index is 0.0502. The van der Waals surface area contributed by atoms with Gasteiger partial charge in [-0.1, -0.05) is 18.2 Å². The van der Waals surface area contributed by atoms with Crippen molar-refractivity contribution < 1.29 is 4.79 Å². The van der Waals surface area contributed by atoms with E-state index in [-0.39, 0.29) is 11.9 Å². The smallest absolute Gasteiger partial charge is 0.221 e. The molecule has 3 N–H and O–H groups in total. The molecule has 1 aromatic rings. The van der Waals surface area contributed by atoms with E-state index in [0.717, 1.165) is 12.2 Å². The van der Waals surface area contributed by atoms with E-state index in [9.17, 15) is 4.79 Å². The zero-order valence-electron chi connectivity index (χ0n) is 9.11. The number of thioether (sulfide) groups is 1. The van der Waals surface area contributed by atoms with Crippen molar-refractivity contribution in [2.45, 2.75) is 23.8 Å². The lowest BCUT2D eigenvalue weighted by Gasteiger charge is -2.25. The second-order valence-electron chi connectivity index (χ2n) is 3.83. The Hall–Kier alpha value is -1.00. The first kappa shape index (κ1) is 11.5. The highest BCUT2D eigenvalue weighted by molar-refractivity contribution is 7.99. The van der Waals surface area contributed by atoms with Crippen LogP contribution >= 0.6 is 11.8 Å². The minimum Gasteiger partial charge on any atom is -0.349 e. The van der Waals surface area contributed by atoms with Gasteiger partial charge in [0.1, 0.15) is 0 Å². The summed E-state index contributed by atoms with van der Waals surface area (Å²) in [6.45, 7) is 0.412. The van der Waals surface area contributed by atoms with Crippen molar-refractivity contribution >= 4 is 17.7 Å². The topological polar surface area (TPSA) is 55.1 Å². The SMILES string of the molecule is NCCC(=O)NC1CCSc2ccccc21. The normalized spacial score (nSPS) is 18.9. The van der Waals surface area contributed by atoms with Crippen LogP contribution in [0.4, 0.5) is 0 Å². The first-order valence-corrected chi connectivity index (χ1v) is 6.51. The van der Waals surface area contributed by atoms with Crippen molar-refractivity contribution in [3.63, 3.8) is 0 Å². The van der Waals surface area contributed by atoms with Gasteiger partial charge in [0.15, 0.2) is 0 Å². The summed E-state index contributed by atoms with van der Waals surface area (Å²) in [7, 11) is 0. The molecule has 1 unspecified atom stereocenters. The van der Waals surface area contributed by atoms with Gasteiger partial charge in [-0.2, -0.15) is 0 Å². The Bertz CT molecular complexity index is 381. The fourth-order valence-corrected chi connectivity index (χ4v) is 3.01. The Kier molecular flexibility index (Phi) is 3.85. The lowest BCUT2D eigenvalue weighted by molar-refractivity contribution is -0.121. The number of rotatable bonds is 3. The summed E-state index contributed by atoms with van der Waals surface area (Å²) in [6.07, 6.45) is 1.41. The third kappa shape index (κ3) is 2.57. The van der Waals surface area contributed by atoms with Crippen LogP contribution in [0, 0.1) is 0 Å². The molecule has 16 heavy (non-hydrogen) atoms. The highest BCUT2D eigenvalue weighted by Gasteiger charge is 2.21. The quantitative estimate of drug-likeness (QED) is 0.839. The van der Waals surface area contributed by atoms with Gasteiger partial charge in [0.2, 0.25) is 5.91 Å². The van der Waals surface area contributed by atoms with E-state index in [1.54, 1.807) is 0 Å². The second-order valence-corrected chi connectivity index (χ2v) is 4.97. The van der Waals surface area contributed by atoms with Gasteiger partial charge in [0.25, 0.3) is 0 Å². The van der Waals surface area contributed by atoms with E-state index in [2.05, 4.69) is 17.4 Å². The van der Waals surface area contributed by atoms with Gasteiger partial charge >= 0.3 is 0 Å². The van der Waals surface area contributed by atoms with E-state index < -0.39 is 0 Å². The highest BCUT2D eigenvalue weighted by Crippen LogP contribution is 2.35. The Morgan fingerprint density at radius 2 is 2.31 bits per heavy atom. The summed E-state index contributed by atoms with van der Waals surface area (Å²) in [5, 5.41) is 3.04. The molecule has 0 aliphatic carbocycles. The summed E-state index contributed by atoms with van der Waals surface area (Å²) in [4.78, 5) is 12.8. The molecular weight excluding hydrogens is 220 g/mol. The Morgan fingerprint density at radius 3 is 3.12 bits per heavy atom. The first-order chi connectivity index (χ1) is 7.81. The van der Waals surface area contributed by atoms with E-state index in [1.165, 1.54) is 10.5 Å². The third-order valence-corrected chi connectivity index (χ3v) is 3.79. The maximum Gasteiger partial charge on any atom is 0.221 e. The zero-order valence-corrected chi connectivity index (χ0v) is 9.93. The maximum absolute atomic E-state index is 11.5. The minimum absolute atomic E-state index is 0.0502. The maximum atomic E-state index is 11.5. The van der Waals surface area contributed by atoms with Gasteiger partial charge in [0.05, 0.1) is 6.04 Å². The standard InChI is InChI=1S/C12H16N2OS/c13-7-5-12(15)14-10-6-8-16-11-4-2-1-3-9(10)11/h1-4,10H,5-8,13H2,(H,14,15). The number of carbonyl (C=O) groups is 1. The van der Waals surface area contributed by atoms with Crippen molar-refractivity contribution in [2.24, 2.45) is 5.73 Å². The van der Waals surface area contributed by atoms with Gasteiger partial charge in [-0.25, -0.2) is 0 Å². The molecule has 0 saturated carbocycles. The molecule has 0 radical (unpaired) electrons. The van der Waals surface area contributed by atoms with Crippen LogP contribution in [0.25, 0.3) is 0 Å². The molecule has 0 saturated heterocycles. The number of nitrogens with one attached hydrogen (secondary N) is 1.